The molecule has 0 bridgehead atoms. The second-order valence-electron chi connectivity index (χ2n) is 8.67. The molecule has 0 aliphatic heterocycles. The van der Waals surface area contributed by atoms with Gasteiger partial charge in [0.25, 0.3) is 5.91 Å². The number of unbranched alkanes of at least 4 members (excludes halogenated alkanes) is 1. The minimum Gasteiger partial charge on any atom is -0.484 e. The van der Waals surface area contributed by atoms with Crippen LogP contribution in [0.15, 0.2) is 72.8 Å². The monoisotopic (exact) mass is 526 g/mol. The maximum atomic E-state index is 13.6. The summed E-state index contributed by atoms with van der Waals surface area (Å²) in [6, 6.07) is 21.7. The number of nitrogens with one attached hydrogen (secondary N) is 1. The zero-order chi connectivity index (χ0) is 25.9. The van der Waals surface area contributed by atoms with E-state index in [2.05, 4.69) is 12.2 Å². The van der Waals surface area contributed by atoms with Gasteiger partial charge >= 0.3 is 0 Å². The van der Waals surface area contributed by atoms with E-state index in [1.54, 1.807) is 17.0 Å². The van der Waals surface area contributed by atoms with Gasteiger partial charge in [0.15, 0.2) is 6.61 Å². The van der Waals surface area contributed by atoms with Crippen molar-refractivity contribution in [3.05, 3.63) is 99.5 Å². The van der Waals surface area contributed by atoms with Crippen molar-refractivity contribution in [2.24, 2.45) is 0 Å². The first kappa shape index (κ1) is 27.6. The largest absolute Gasteiger partial charge is 0.484 e. The number of para-hydroxylation sites is 1. The van der Waals surface area contributed by atoms with Crippen LogP contribution in [0.5, 0.6) is 5.75 Å². The van der Waals surface area contributed by atoms with Crippen LogP contribution in [0.2, 0.25) is 10.0 Å². The van der Waals surface area contributed by atoms with E-state index in [1.165, 1.54) is 0 Å². The highest BCUT2D eigenvalue weighted by Gasteiger charge is 2.30. The zero-order valence-electron chi connectivity index (χ0n) is 20.7. The Labute approximate surface area is 223 Å². The topological polar surface area (TPSA) is 58.6 Å². The van der Waals surface area contributed by atoms with Crippen LogP contribution in [-0.4, -0.2) is 35.9 Å². The summed E-state index contributed by atoms with van der Waals surface area (Å²) in [5.74, 6) is 0.139. The number of halogens is 2. The number of ether oxygens (including phenoxy) is 1. The average Bonchev–Trinajstić information content (AvgIpc) is 2.88. The lowest BCUT2D eigenvalue weighted by molar-refractivity contribution is -0.142. The fraction of sp³-hybridized carbons (Fsp3) is 0.310. The first-order valence-electron chi connectivity index (χ1n) is 12.1. The zero-order valence-corrected chi connectivity index (χ0v) is 22.2. The Morgan fingerprint density at radius 1 is 0.944 bits per heavy atom. The quantitative estimate of drug-likeness (QED) is 0.284. The first-order valence-corrected chi connectivity index (χ1v) is 12.9. The molecule has 0 aliphatic rings. The Balaban J connectivity index is 1.91. The van der Waals surface area contributed by atoms with Crippen LogP contribution in [0.1, 0.15) is 36.5 Å². The van der Waals surface area contributed by atoms with Crippen molar-refractivity contribution in [2.45, 2.75) is 45.7 Å². The maximum Gasteiger partial charge on any atom is 0.261 e. The van der Waals surface area contributed by atoms with E-state index < -0.39 is 6.04 Å². The van der Waals surface area contributed by atoms with E-state index in [1.807, 2.05) is 67.6 Å². The average molecular weight is 527 g/mol. The molecule has 2 amide bonds. The number of carbonyl (C=O) groups is 2. The Kier molecular flexibility index (Phi) is 10.6. The summed E-state index contributed by atoms with van der Waals surface area (Å²) in [4.78, 5) is 28.6. The Hall–Kier alpha value is -3.02. The molecule has 1 N–H and O–H groups in total. The number of nitrogens with zero attached hydrogens (tertiary/aromatic N) is 1. The van der Waals surface area contributed by atoms with Gasteiger partial charge in [0.1, 0.15) is 11.8 Å². The van der Waals surface area contributed by atoms with E-state index in [4.69, 9.17) is 27.9 Å². The molecule has 0 heterocycles. The maximum absolute atomic E-state index is 13.6. The van der Waals surface area contributed by atoms with Gasteiger partial charge < -0.3 is 15.0 Å². The van der Waals surface area contributed by atoms with Crippen molar-refractivity contribution < 1.29 is 14.3 Å². The molecule has 5 nitrogen and oxygen atoms in total. The Morgan fingerprint density at radius 3 is 2.36 bits per heavy atom. The lowest BCUT2D eigenvalue weighted by Gasteiger charge is -2.31. The second kappa shape index (κ2) is 13.9. The number of hydrogen-bond donors (Lipinski definition) is 1. The lowest BCUT2D eigenvalue weighted by Crippen LogP contribution is -2.51. The fourth-order valence-electron chi connectivity index (χ4n) is 3.84. The van der Waals surface area contributed by atoms with Crippen molar-refractivity contribution in [1.82, 2.24) is 10.2 Å². The van der Waals surface area contributed by atoms with E-state index in [0.717, 1.165) is 29.5 Å². The third kappa shape index (κ3) is 8.00. The van der Waals surface area contributed by atoms with Crippen LogP contribution < -0.4 is 10.1 Å². The summed E-state index contributed by atoms with van der Waals surface area (Å²) in [5.41, 5.74) is 2.66. The number of rotatable bonds is 12. The van der Waals surface area contributed by atoms with Crippen LogP contribution in [0, 0.1) is 6.92 Å². The molecular formula is C29H32Cl2N2O3. The molecule has 3 aromatic carbocycles. The Bertz CT molecular complexity index is 1150. The van der Waals surface area contributed by atoms with Gasteiger partial charge in [-0.15, -0.1) is 0 Å². The van der Waals surface area contributed by atoms with Gasteiger partial charge in [0.2, 0.25) is 5.91 Å². The second-order valence-corrected chi connectivity index (χ2v) is 9.49. The summed E-state index contributed by atoms with van der Waals surface area (Å²) in [5, 5.41) is 3.83. The van der Waals surface area contributed by atoms with Gasteiger partial charge in [0.05, 0.1) is 10.0 Å². The highest BCUT2D eigenvalue weighted by Crippen LogP contribution is 2.24. The number of aryl methyl sites for hydroxylation is 1. The molecule has 0 fully saturated rings. The molecule has 3 aromatic rings. The molecule has 0 spiro atoms. The van der Waals surface area contributed by atoms with Crippen molar-refractivity contribution in [2.75, 3.05) is 13.2 Å². The summed E-state index contributed by atoms with van der Waals surface area (Å²) in [6.45, 7) is 4.53. The molecule has 0 unspecified atom stereocenters. The van der Waals surface area contributed by atoms with Crippen LogP contribution in [0.3, 0.4) is 0 Å². The number of amides is 2. The molecule has 1 atom stereocenters. The molecule has 0 aromatic heterocycles. The molecule has 36 heavy (non-hydrogen) atoms. The van der Waals surface area contributed by atoms with Gasteiger partial charge in [-0.3, -0.25) is 9.59 Å². The van der Waals surface area contributed by atoms with E-state index in [-0.39, 0.29) is 25.0 Å². The van der Waals surface area contributed by atoms with Crippen LogP contribution >= 0.6 is 23.2 Å². The van der Waals surface area contributed by atoms with Gasteiger partial charge in [-0.25, -0.2) is 0 Å². The summed E-state index contributed by atoms with van der Waals surface area (Å²) >= 11 is 12.4. The van der Waals surface area contributed by atoms with Crippen LogP contribution in [-0.2, 0) is 22.6 Å². The van der Waals surface area contributed by atoms with Crippen molar-refractivity contribution in [3.63, 3.8) is 0 Å². The molecule has 7 heteroatoms. The lowest BCUT2D eigenvalue weighted by atomic mass is 10.0. The molecule has 0 radical (unpaired) electrons. The SMILES string of the molecule is CCCCNC(=O)[C@H](Cc1ccccc1)N(Cc1ccc(Cl)c(Cl)c1)C(=O)COc1ccccc1C. The van der Waals surface area contributed by atoms with Crippen LogP contribution in [0.4, 0.5) is 0 Å². The predicted molar refractivity (Wildman–Crippen MR) is 146 cm³/mol. The molecule has 190 valence electrons. The molecule has 0 saturated carbocycles. The number of carbonyl (C=O) groups excluding carboxylic acids is 2. The minimum atomic E-state index is -0.730. The molecule has 3 rings (SSSR count). The van der Waals surface area contributed by atoms with Gasteiger partial charge in [0, 0.05) is 19.5 Å². The summed E-state index contributed by atoms with van der Waals surface area (Å²) < 4.78 is 5.87. The Morgan fingerprint density at radius 2 is 1.67 bits per heavy atom. The summed E-state index contributed by atoms with van der Waals surface area (Å²) in [7, 11) is 0. The third-order valence-corrected chi connectivity index (χ3v) is 6.62. The van der Waals surface area contributed by atoms with E-state index in [0.29, 0.717) is 28.8 Å². The molecule has 0 aliphatic carbocycles. The van der Waals surface area contributed by atoms with Crippen molar-refractivity contribution >= 4 is 35.0 Å². The fourth-order valence-corrected chi connectivity index (χ4v) is 4.16. The third-order valence-electron chi connectivity index (χ3n) is 5.88. The highest BCUT2D eigenvalue weighted by atomic mass is 35.5. The van der Waals surface area contributed by atoms with Crippen LogP contribution in [0.25, 0.3) is 0 Å². The normalized spacial score (nSPS) is 11.6. The minimum absolute atomic E-state index is 0.186. The van der Waals surface area contributed by atoms with Gasteiger partial charge in [-0.05, 0) is 48.2 Å². The van der Waals surface area contributed by atoms with E-state index in [9.17, 15) is 9.59 Å². The van der Waals surface area contributed by atoms with Crippen molar-refractivity contribution in [3.8, 4) is 5.75 Å². The first-order chi connectivity index (χ1) is 17.4. The number of benzene rings is 3. The van der Waals surface area contributed by atoms with E-state index >= 15 is 0 Å². The number of hydrogen-bond acceptors (Lipinski definition) is 3. The molecule has 0 saturated heterocycles. The van der Waals surface area contributed by atoms with Gasteiger partial charge in [-0.2, -0.15) is 0 Å². The summed E-state index contributed by atoms with van der Waals surface area (Å²) in [6.07, 6.45) is 2.19. The standard InChI is InChI=1S/C29H32Cl2N2O3/c1-3-4-16-32-29(35)26(18-22-11-6-5-7-12-22)33(19-23-14-15-24(30)25(31)17-23)28(34)20-36-27-13-9-8-10-21(27)2/h5-15,17,26H,3-4,16,18-20H2,1-2H3,(H,32,35)/t26-/m0/s1. The van der Waals surface area contributed by atoms with Gasteiger partial charge in [-0.1, -0.05) is 91.1 Å². The molecular weight excluding hydrogens is 495 g/mol. The van der Waals surface area contributed by atoms with Crippen molar-refractivity contribution in [1.29, 1.82) is 0 Å². The smallest absolute Gasteiger partial charge is 0.261 e. The predicted octanol–water partition coefficient (Wildman–Crippen LogP) is 6.24. The highest BCUT2D eigenvalue weighted by molar-refractivity contribution is 6.42.